The number of carbonyl (C=O) groups is 1. The summed E-state index contributed by atoms with van der Waals surface area (Å²) in [6.45, 7) is 2.02. The Morgan fingerprint density at radius 1 is 1.21 bits per heavy atom. The molecule has 0 amide bonds. The molecule has 2 aromatic rings. The topological polar surface area (TPSA) is 26.3 Å². The summed E-state index contributed by atoms with van der Waals surface area (Å²) in [6, 6.07) is 13.5. The van der Waals surface area contributed by atoms with Gasteiger partial charge in [-0.25, -0.2) is 0 Å². The van der Waals surface area contributed by atoms with E-state index in [0.29, 0.717) is 6.42 Å². The second-order valence-corrected chi connectivity index (χ2v) is 5.47. The van der Waals surface area contributed by atoms with Crippen LogP contribution in [0.3, 0.4) is 0 Å². The third-order valence-electron chi connectivity index (χ3n) is 2.99. The molecule has 0 saturated carbocycles. The Bertz CT molecular complexity index is 605. The number of rotatable bonds is 4. The van der Waals surface area contributed by atoms with Gasteiger partial charge in [-0.15, -0.1) is 0 Å². The van der Waals surface area contributed by atoms with Crippen LogP contribution in [0.4, 0.5) is 0 Å². The van der Waals surface area contributed by atoms with E-state index in [1.54, 1.807) is 7.11 Å². The van der Waals surface area contributed by atoms with Crippen LogP contribution in [-0.2, 0) is 6.42 Å². The fourth-order valence-electron chi connectivity index (χ4n) is 1.93. The van der Waals surface area contributed by atoms with Crippen molar-refractivity contribution >= 4 is 28.4 Å². The fourth-order valence-corrected chi connectivity index (χ4v) is 2.59. The lowest BCUT2D eigenvalue weighted by Gasteiger charge is -2.07. The van der Waals surface area contributed by atoms with E-state index < -0.39 is 0 Å². The van der Waals surface area contributed by atoms with E-state index in [1.807, 2.05) is 49.4 Å². The minimum atomic E-state index is 0.140. The maximum Gasteiger partial charge on any atom is 0.168 e. The van der Waals surface area contributed by atoms with Crippen molar-refractivity contribution in [2.45, 2.75) is 13.3 Å². The van der Waals surface area contributed by atoms with Gasteiger partial charge in [0.25, 0.3) is 0 Å². The predicted octanol–water partition coefficient (Wildman–Crippen LogP) is 4.03. The van der Waals surface area contributed by atoms with Gasteiger partial charge >= 0.3 is 0 Å². The molecule has 0 bridgehead atoms. The zero-order valence-electron chi connectivity index (χ0n) is 10.9. The number of ketones is 1. The quantitative estimate of drug-likeness (QED) is 0.603. The van der Waals surface area contributed by atoms with E-state index in [-0.39, 0.29) is 5.78 Å². The van der Waals surface area contributed by atoms with E-state index in [4.69, 9.17) is 4.74 Å². The van der Waals surface area contributed by atoms with Crippen molar-refractivity contribution in [3.8, 4) is 5.75 Å². The second-order valence-electron chi connectivity index (χ2n) is 4.39. The Morgan fingerprint density at radius 3 is 2.68 bits per heavy atom. The first-order chi connectivity index (χ1) is 9.11. The molecule has 0 saturated heterocycles. The largest absolute Gasteiger partial charge is 0.497 e. The summed E-state index contributed by atoms with van der Waals surface area (Å²) in [5, 5.41) is 0. The number of halogens is 1. The number of benzene rings is 2. The standard InChI is InChI=1S/C16H15IO2/c1-11-5-3-8-14(16(11)17)15(18)10-12-6-4-7-13(9-12)19-2/h3-9H,10H2,1-2H3. The first kappa shape index (κ1) is 14.1. The van der Waals surface area contributed by atoms with Gasteiger partial charge in [-0.2, -0.15) is 0 Å². The first-order valence-electron chi connectivity index (χ1n) is 6.03. The zero-order chi connectivity index (χ0) is 13.8. The van der Waals surface area contributed by atoms with Gasteiger partial charge < -0.3 is 4.74 Å². The Hall–Kier alpha value is -1.36. The highest BCUT2D eigenvalue weighted by atomic mass is 127. The average Bonchev–Trinajstić information content (AvgIpc) is 2.42. The van der Waals surface area contributed by atoms with Gasteiger partial charge in [0.1, 0.15) is 5.75 Å². The summed E-state index contributed by atoms with van der Waals surface area (Å²) in [5.41, 5.74) is 2.90. The summed E-state index contributed by atoms with van der Waals surface area (Å²) < 4.78 is 6.21. The van der Waals surface area contributed by atoms with Crippen molar-refractivity contribution in [2.24, 2.45) is 0 Å². The van der Waals surface area contributed by atoms with Crippen LogP contribution < -0.4 is 4.74 Å². The van der Waals surface area contributed by atoms with Gasteiger partial charge in [0.2, 0.25) is 0 Å². The number of ether oxygens (including phenoxy) is 1. The number of Topliss-reactive ketones (excluding diaryl/α,β-unsaturated/α-hetero) is 1. The van der Waals surface area contributed by atoms with E-state index >= 15 is 0 Å². The summed E-state index contributed by atoms with van der Waals surface area (Å²) in [5.74, 6) is 0.922. The number of aryl methyl sites for hydroxylation is 1. The van der Waals surface area contributed by atoms with Crippen LogP contribution in [0.15, 0.2) is 42.5 Å². The Balaban J connectivity index is 2.23. The predicted molar refractivity (Wildman–Crippen MR) is 84.9 cm³/mol. The lowest BCUT2D eigenvalue weighted by Crippen LogP contribution is -2.06. The summed E-state index contributed by atoms with van der Waals surface area (Å²) in [6.07, 6.45) is 0.399. The third kappa shape index (κ3) is 3.35. The molecule has 19 heavy (non-hydrogen) atoms. The molecular weight excluding hydrogens is 351 g/mol. The fraction of sp³-hybridized carbons (Fsp3) is 0.188. The van der Waals surface area contributed by atoms with E-state index in [2.05, 4.69) is 22.6 Å². The molecule has 98 valence electrons. The molecule has 0 N–H and O–H groups in total. The van der Waals surface area contributed by atoms with Gasteiger partial charge in [0.15, 0.2) is 5.78 Å². The van der Waals surface area contributed by atoms with Crippen LogP contribution in [-0.4, -0.2) is 12.9 Å². The summed E-state index contributed by atoms with van der Waals surface area (Å²) in [4.78, 5) is 12.3. The SMILES string of the molecule is COc1cccc(CC(=O)c2cccc(C)c2I)c1. The number of hydrogen-bond donors (Lipinski definition) is 0. The lowest BCUT2D eigenvalue weighted by atomic mass is 10.0. The summed E-state index contributed by atoms with van der Waals surface area (Å²) in [7, 11) is 1.63. The molecule has 0 fully saturated rings. The highest BCUT2D eigenvalue weighted by Gasteiger charge is 2.12. The molecule has 3 heteroatoms. The van der Waals surface area contributed by atoms with Gasteiger partial charge in [0.05, 0.1) is 7.11 Å². The zero-order valence-corrected chi connectivity index (χ0v) is 13.1. The van der Waals surface area contributed by atoms with Gasteiger partial charge in [0, 0.05) is 15.6 Å². The van der Waals surface area contributed by atoms with Crippen LogP contribution in [0.25, 0.3) is 0 Å². The van der Waals surface area contributed by atoms with Crippen LogP contribution >= 0.6 is 22.6 Å². The molecule has 0 aliphatic carbocycles. The highest BCUT2D eigenvalue weighted by molar-refractivity contribution is 14.1. The van der Waals surface area contributed by atoms with Crippen LogP contribution in [0.5, 0.6) is 5.75 Å². The minimum absolute atomic E-state index is 0.140. The van der Waals surface area contributed by atoms with Crippen molar-refractivity contribution in [2.75, 3.05) is 7.11 Å². The van der Waals surface area contributed by atoms with Gasteiger partial charge in [-0.3, -0.25) is 4.79 Å². The maximum atomic E-state index is 12.3. The molecule has 0 heterocycles. The average molecular weight is 366 g/mol. The Morgan fingerprint density at radius 2 is 1.95 bits per heavy atom. The summed E-state index contributed by atoms with van der Waals surface area (Å²) >= 11 is 2.23. The molecule has 0 aliphatic heterocycles. The van der Waals surface area contributed by atoms with Crippen molar-refractivity contribution in [3.05, 3.63) is 62.7 Å². The molecule has 0 radical (unpaired) electrons. The molecule has 0 aliphatic rings. The van der Waals surface area contributed by atoms with E-state index in [0.717, 1.165) is 26.0 Å². The van der Waals surface area contributed by atoms with E-state index in [1.165, 1.54) is 0 Å². The third-order valence-corrected chi connectivity index (χ3v) is 4.42. The van der Waals surface area contributed by atoms with Crippen molar-refractivity contribution in [1.82, 2.24) is 0 Å². The second kappa shape index (κ2) is 6.19. The molecule has 0 aromatic heterocycles. The molecule has 0 atom stereocenters. The van der Waals surface area contributed by atoms with Crippen LogP contribution in [0.2, 0.25) is 0 Å². The number of carbonyl (C=O) groups excluding carboxylic acids is 1. The molecule has 2 nitrogen and oxygen atoms in total. The van der Waals surface area contributed by atoms with Crippen LogP contribution in [0, 0.1) is 10.5 Å². The van der Waals surface area contributed by atoms with Crippen LogP contribution in [0.1, 0.15) is 21.5 Å². The molecule has 0 unspecified atom stereocenters. The molecule has 0 spiro atoms. The van der Waals surface area contributed by atoms with Crippen molar-refractivity contribution < 1.29 is 9.53 Å². The van der Waals surface area contributed by atoms with E-state index in [9.17, 15) is 4.79 Å². The highest BCUT2D eigenvalue weighted by Crippen LogP contribution is 2.20. The number of methoxy groups -OCH3 is 1. The van der Waals surface area contributed by atoms with Crippen molar-refractivity contribution in [1.29, 1.82) is 0 Å². The van der Waals surface area contributed by atoms with Gasteiger partial charge in [-0.05, 0) is 52.8 Å². The Kier molecular flexibility index (Phi) is 4.58. The normalized spacial score (nSPS) is 10.3. The molecule has 2 rings (SSSR count). The minimum Gasteiger partial charge on any atom is -0.497 e. The molecular formula is C16H15IO2. The Labute approximate surface area is 126 Å². The van der Waals surface area contributed by atoms with Gasteiger partial charge in [-0.1, -0.05) is 30.3 Å². The number of hydrogen-bond acceptors (Lipinski definition) is 2. The maximum absolute atomic E-state index is 12.3. The molecule has 2 aromatic carbocycles. The monoisotopic (exact) mass is 366 g/mol. The smallest absolute Gasteiger partial charge is 0.168 e. The van der Waals surface area contributed by atoms with Crippen molar-refractivity contribution in [3.63, 3.8) is 0 Å². The lowest BCUT2D eigenvalue weighted by molar-refractivity contribution is 0.0992. The first-order valence-corrected chi connectivity index (χ1v) is 7.11.